The van der Waals surface area contributed by atoms with Crippen molar-refractivity contribution in [2.75, 3.05) is 70.1 Å². The zero-order chi connectivity index (χ0) is 102. The van der Waals surface area contributed by atoms with Crippen LogP contribution in [0, 0.1) is 11.8 Å². The lowest BCUT2D eigenvalue weighted by molar-refractivity contribution is -0.162. The van der Waals surface area contributed by atoms with Gasteiger partial charge in [0.1, 0.15) is 82.7 Å². The van der Waals surface area contributed by atoms with E-state index in [2.05, 4.69) is 47.9 Å². The largest absolute Gasteiger partial charge is 0.508 e. The molecule has 140 heavy (non-hydrogen) atoms. The molecule has 0 aromatic heterocycles. The molecule has 1 aliphatic carbocycles. The van der Waals surface area contributed by atoms with Crippen LogP contribution in [0.3, 0.4) is 0 Å². The number of esters is 1. The number of methoxy groups -OCH3 is 2. The molecular formula is C99H132ClN13O24S3. The lowest BCUT2D eigenvalue weighted by atomic mass is 9.83. The summed E-state index contributed by atoms with van der Waals surface area (Å²) in [7, 11) is 7.62. The van der Waals surface area contributed by atoms with Gasteiger partial charge in [0.15, 0.2) is 17.3 Å². The number of hydrogen-bond donors (Lipinski definition) is 14. The van der Waals surface area contributed by atoms with Gasteiger partial charge in [-0.25, -0.2) is 14.4 Å². The van der Waals surface area contributed by atoms with Crippen molar-refractivity contribution in [2.45, 2.75) is 266 Å². The van der Waals surface area contributed by atoms with Crippen LogP contribution in [-0.2, 0) is 107 Å². The van der Waals surface area contributed by atoms with E-state index in [1.807, 2.05) is 43.3 Å². The second kappa shape index (κ2) is 52.2. The van der Waals surface area contributed by atoms with Gasteiger partial charge in [-0.15, -0.1) is 11.8 Å². The van der Waals surface area contributed by atoms with Gasteiger partial charge in [-0.2, -0.15) is 0 Å². The van der Waals surface area contributed by atoms with Crippen molar-refractivity contribution in [3.8, 4) is 11.5 Å². The maximum atomic E-state index is 15.4. The lowest BCUT2D eigenvalue weighted by Crippen LogP contribution is -2.63. The molecule has 41 heteroatoms. The topological polar surface area (TPSA) is 530 Å². The number of aliphatic hydroxyl groups is 3. The Labute approximate surface area is 832 Å². The monoisotopic (exact) mass is 2020 g/mol. The number of aliphatic hydroxyl groups excluding tert-OH is 2. The zero-order valence-electron chi connectivity index (χ0n) is 80.7. The van der Waals surface area contributed by atoms with Crippen LogP contribution in [0.1, 0.15) is 166 Å². The second-order valence-corrected chi connectivity index (χ2v) is 40.8. The molecular weight excluding hydrogens is 1890 g/mol. The van der Waals surface area contributed by atoms with E-state index >= 15 is 14.4 Å². The smallest absolute Gasteiger partial charge is 0.409 e. The lowest BCUT2D eigenvalue weighted by Gasteiger charge is -2.42. The number of nitrogens with two attached hydrogens (primary N) is 1. The highest BCUT2D eigenvalue weighted by molar-refractivity contribution is 8.76. The molecule has 19 atom stereocenters. The van der Waals surface area contributed by atoms with Crippen LogP contribution in [0.25, 0.3) is 5.57 Å². The number of carbonyl (C=O) groups excluding carboxylic acids is 15. The molecule has 13 amide bonds. The van der Waals surface area contributed by atoms with Crippen LogP contribution in [0.4, 0.5) is 15.3 Å². The van der Waals surface area contributed by atoms with Gasteiger partial charge in [0.25, 0.3) is 0 Å². The molecule has 15 N–H and O–H groups in total. The third-order valence-corrected chi connectivity index (χ3v) is 30.1. The van der Waals surface area contributed by atoms with E-state index in [0.717, 1.165) is 60.5 Å². The zero-order valence-corrected chi connectivity index (χ0v) is 83.9. The number of nitrogens with one attached hydrogen (secondary N) is 9. The Hall–Kier alpha value is -11.0. The number of phenols is 1. The molecule has 4 bridgehead atoms. The fourth-order valence-electron chi connectivity index (χ4n) is 17.6. The number of unbranched alkanes of at least 4 members (excludes halogenated alkanes) is 4. The summed E-state index contributed by atoms with van der Waals surface area (Å²) < 4.78 is 29.7. The van der Waals surface area contributed by atoms with Crippen LogP contribution < -0.4 is 63.2 Å². The van der Waals surface area contributed by atoms with Gasteiger partial charge in [-0.1, -0.05) is 150 Å². The molecule has 4 aromatic rings. The Kier molecular flexibility index (Phi) is 41.4. The van der Waals surface area contributed by atoms with Gasteiger partial charge in [-0.05, 0) is 157 Å². The number of likely N-dealkylation sites (tertiary alicyclic amines) is 1. The molecule has 0 spiro atoms. The standard InChI is InChI=1S/C99H132ClN13O24S3/c1-12-102-96(130)107-69(45-60-26-16-15-17-27-60)90(124)105-71-53-139-140-54-72(106-93(127)86(59(6)115)109-89(123)68(30-21-22-40-101)103-91(125)70(48-64-36-35-63-28-19-20-29-67(63)64)104-88(122)65(49-75(71)118)44-61-33-37-66(116)38-34-61)92(126)108-85(58(5)114)74(117)31-18-13-14-23-41-113-83(121)50-78(94(113)128)138-42-39-81(119)111(8)57(4)95(129)136-80-51-82(120)112(9)73-46-62(47-76(133-10)84(73)100)43-55(2)25-24-32-79(134-11)99(132)52-77(135-97(131)110-99)56(3)87-98(80,7)137-87/h15-17,19-20,24-29,32-34,36-38,46-47,56-59,65,68-72,77-80,85-87,114-116,132H,12-14,18,21-23,30-31,35,39-45,48-54,101H2,1-11H3,(H,103,125)(H,104,122)(H,105,124)(H,106,127)(H,108,126)(H,109,123)(H,110,131)(H2,102,107,130)/b32-24+,55-25+/t56-,57+,58-,59-,65-,68+,69-,70-,71+,72+,77+,78?,79-,80+,85+,86+,87+,98+,99+/m1/s1. The van der Waals surface area contributed by atoms with Crippen LogP contribution in [0.5, 0.6) is 11.5 Å². The van der Waals surface area contributed by atoms with Crippen molar-refractivity contribution >= 4 is 145 Å². The third kappa shape index (κ3) is 30.3. The summed E-state index contributed by atoms with van der Waals surface area (Å²) in [5, 5.41) is 68.4. The number of ketones is 2. The minimum absolute atomic E-state index is 0.0284. The SMILES string of the molecule is CCNC(=O)N[C@H](Cc1ccccc1)C(=O)N[C@H]1CSSC[C@@H](C(=O)N[C@H](C(=O)CCCCCCN2C(=O)CC(SCCC(=O)N(C)[C@@H](C)C(=O)O[C@H]3CC(=O)N(C)c4cc(cc(OC)c4Cl)C/C(C)=C/C=C/[C@@H](OC)[C@@]4(O)C[C@H](OC(=O)N4)[C@@H](C)[C@@H]4O[C@@]34C)C2=O)[C@@H](C)O)NC(=O)[C@H]([C@@H](C)O)NC(=O)[C@H](CCCCN)NC(=O)[C@@H](CC2=CCc3ccccc32)NC(=O)[C@H](Cc2ccc(O)cc2)CC1=O. The summed E-state index contributed by atoms with van der Waals surface area (Å²) in [5.41, 5.74) is 8.04. The number of imide groups is 1. The first kappa shape index (κ1) is 111. The summed E-state index contributed by atoms with van der Waals surface area (Å²) in [6.07, 6.45) is -0.484. The molecule has 10 rings (SSSR count). The highest BCUT2D eigenvalue weighted by atomic mass is 35.5. The number of urea groups is 1. The van der Waals surface area contributed by atoms with Crippen molar-refractivity contribution < 1.29 is 116 Å². The van der Waals surface area contributed by atoms with Gasteiger partial charge in [-0.3, -0.25) is 67.8 Å². The molecule has 4 fully saturated rings. The van der Waals surface area contributed by atoms with Gasteiger partial charge in [0.2, 0.25) is 59.1 Å². The maximum Gasteiger partial charge on any atom is 0.409 e. The summed E-state index contributed by atoms with van der Waals surface area (Å²) in [6, 6.07) is 13.0. The number of benzene rings is 4. The van der Waals surface area contributed by atoms with Crippen LogP contribution in [0.15, 0.2) is 121 Å². The highest BCUT2D eigenvalue weighted by Gasteiger charge is 2.65. The third-order valence-electron chi connectivity index (χ3n) is 26.0. The summed E-state index contributed by atoms with van der Waals surface area (Å²) in [6.45, 7) is 11.3. The number of anilines is 1. The Morgan fingerprint density at radius 3 is 2.19 bits per heavy atom. The van der Waals surface area contributed by atoms with Crippen molar-refractivity contribution in [1.29, 1.82) is 0 Å². The van der Waals surface area contributed by atoms with Crippen molar-refractivity contribution in [3.05, 3.63) is 154 Å². The number of halogens is 1. The molecule has 4 saturated heterocycles. The number of amides is 13. The number of ether oxygens (including phenoxy) is 5. The second-order valence-electron chi connectivity index (χ2n) is 36.6. The Balaban J connectivity index is 0.781. The number of rotatable bonds is 35. The first-order valence-corrected chi connectivity index (χ1v) is 51.2. The Bertz CT molecular complexity index is 5210. The number of thioether (sulfide) groups is 1. The number of likely N-dealkylation sites (N-methyl/N-ethyl adjacent to an activating group) is 1. The summed E-state index contributed by atoms with van der Waals surface area (Å²) in [5.74, 6) is -12.0. The van der Waals surface area contributed by atoms with Gasteiger partial charge in [0, 0.05) is 108 Å². The minimum atomic E-state index is -1.94. The quantitative estimate of drug-likeness (QED) is 0.00830. The summed E-state index contributed by atoms with van der Waals surface area (Å²) >= 11 is 7.98. The predicted molar refractivity (Wildman–Crippen MR) is 528 cm³/mol. The molecule has 0 radical (unpaired) electrons. The number of hydrogen-bond acceptors (Lipinski definition) is 28. The van der Waals surface area contributed by atoms with E-state index in [-0.39, 0.29) is 118 Å². The molecule has 4 aromatic carbocycles. The van der Waals surface area contributed by atoms with Crippen molar-refractivity contribution in [2.24, 2.45) is 17.6 Å². The number of fused-ring (bicyclic) bond motifs is 6. The number of phenolic OH excluding ortho intramolecular Hbond substituents is 1. The molecule has 0 saturated carbocycles. The van der Waals surface area contributed by atoms with E-state index in [9.17, 15) is 78.0 Å². The average molecular weight is 2020 g/mol. The average Bonchev–Trinajstić information content (AvgIpc) is 1.57. The van der Waals surface area contributed by atoms with E-state index in [4.69, 9.17) is 41.0 Å². The molecule has 6 aliphatic rings. The molecule has 5 aliphatic heterocycles. The summed E-state index contributed by atoms with van der Waals surface area (Å²) in [4.78, 5) is 220. The fourth-order valence-corrected chi connectivity index (χ4v) is 21.4. The number of nitrogens with zero attached hydrogens (tertiary/aromatic N) is 3. The highest BCUT2D eigenvalue weighted by Crippen LogP contribution is 2.50. The van der Waals surface area contributed by atoms with Gasteiger partial charge >= 0.3 is 18.1 Å². The normalized spacial score (nSPS) is 26.3. The molecule has 37 nitrogen and oxygen atoms in total. The predicted octanol–water partition coefficient (Wildman–Crippen LogP) is 5.96. The fraction of sp³-hybridized carbons (Fsp3) is 0.545. The number of allylic oxidation sites excluding steroid dienone is 4. The number of Topliss-reactive ketones (excluding diaryl/α,β-unsaturated/α-hetero) is 2. The van der Waals surface area contributed by atoms with Crippen LogP contribution in [-0.4, -0.2) is 286 Å². The van der Waals surface area contributed by atoms with E-state index in [1.54, 1.807) is 87.5 Å². The van der Waals surface area contributed by atoms with E-state index in [0.29, 0.717) is 60.9 Å². The Morgan fingerprint density at radius 1 is 0.793 bits per heavy atom. The molecule has 1 unspecified atom stereocenters. The van der Waals surface area contributed by atoms with E-state index < -0.39 is 215 Å². The maximum absolute atomic E-state index is 15.4. The first-order chi connectivity index (χ1) is 66.7. The Morgan fingerprint density at radius 2 is 1.49 bits per heavy atom. The van der Waals surface area contributed by atoms with Crippen LogP contribution in [0.2, 0.25) is 5.02 Å². The van der Waals surface area contributed by atoms with Crippen LogP contribution >= 0.6 is 45.0 Å². The molecule has 762 valence electrons. The molecule has 5 heterocycles. The van der Waals surface area contributed by atoms with Crippen molar-refractivity contribution in [1.82, 2.24) is 57.7 Å². The van der Waals surface area contributed by atoms with Crippen molar-refractivity contribution in [3.63, 3.8) is 0 Å². The number of aromatic hydroxyl groups is 1. The van der Waals surface area contributed by atoms with Gasteiger partial charge < -0.3 is 102 Å². The number of carbonyl (C=O) groups is 15. The van der Waals surface area contributed by atoms with Gasteiger partial charge in [0.05, 0.1) is 48.8 Å². The minimum Gasteiger partial charge on any atom is -0.508 e. The van der Waals surface area contributed by atoms with E-state index in [1.165, 1.54) is 71.0 Å². The first-order valence-electron chi connectivity index (χ1n) is 47.3. The number of epoxide rings is 1. The number of alkyl carbamates (subject to hydrolysis) is 1.